The molecule has 0 aromatic heterocycles. The SMILES string of the molecule is CC1(CCS(=O)(=O)Cl)CCCCC1. The van der Waals surface area contributed by atoms with Gasteiger partial charge in [0.2, 0.25) is 9.05 Å². The third-order valence-electron chi connectivity index (χ3n) is 3.01. The van der Waals surface area contributed by atoms with Gasteiger partial charge in [0, 0.05) is 10.7 Å². The summed E-state index contributed by atoms with van der Waals surface area (Å²) >= 11 is 0. The molecule has 2 nitrogen and oxygen atoms in total. The summed E-state index contributed by atoms with van der Waals surface area (Å²) in [7, 11) is 1.90. The Labute approximate surface area is 85.1 Å². The van der Waals surface area contributed by atoms with Gasteiger partial charge in [0.15, 0.2) is 0 Å². The van der Waals surface area contributed by atoms with Crippen LogP contribution >= 0.6 is 10.7 Å². The standard InChI is InChI=1S/C9H17ClO2S/c1-9(5-3-2-4-6-9)7-8-13(10,11)12/h2-8H2,1H3. The first-order valence-electron chi connectivity index (χ1n) is 4.84. The molecular weight excluding hydrogens is 208 g/mol. The van der Waals surface area contributed by atoms with E-state index in [1.807, 2.05) is 0 Å². The van der Waals surface area contributed by atoms with Crippen LogP contribution in [0.15, 0.2) is 0 Å². The van der Waals surface area contributed by atoms with Crippen LogP contribution in [0.3, 0.4) is 0 Å². The van der Waals surface area contributed by atoms with Gasteiger partial charge in [-0.3, -0.25) is 0 Å². The first-order valence-corrected chi connectivity index (χ1v) is 7.32. The largest absolute Gasteiger partial charge is 0.232 e. The Hall–Kier alpha value is 0.240. The van der Waals surface area contributed by atoms with Crippen molar-refractivity contribution >= 4 is 19.7 Å². The average Bonchev–Trinajstić information content (AvgIpc) is 2.02. The van der Waals surface area contributed by atoms with E-state index < -0.39 is 9.05 Å². The van der Waals surface area contributed by atoms with Crippen molar-refractivity contribution in [1.29, 1.82) is 0 Å². The molecule has 78 valence electrons. The Morgan fingerprint density at radius 2 is 1.77 bits per heavy atom. The highest BCUT2D eigenvalue weighted by Gasteiger charge is 2.27. The van der Waals surface area contributed by atoms with Crippen LogP contribution in [0, 0.1) is 5.41 Å². The number of hydrogen-bond donors (Lipinski definition) is 0. The van der Waals surface area contributed by atoms with E-state index in [1.54, 1.807) is 0 Å². The first kappa shape index (κ1) is 11.3. The van der Waals surface area contributed by atoms with Crippen molar-refractivity contribution in [3.05, 3.63) is 0 Å². The van der Waals surface area contributed by atoms with Crippen LogP contribution in [0.1, 0.15) is 45.4 Å². The van der Waals surface area contributed by atoms with Crippen molar-refractivity contribution in [1.82, 2.24) is 0 Å². The van der Waals surface area contributed by atoms with Crippen molar-refractivity contribution in [3.63, 3.8) is 0 Å². The van der Waals surface area contributed by atoms with Gasteiger partial charge in [0.1, 0.15) is 0 Å². The third-order valence-corrected chi connectivity index (χ3v) is 4.16. The lowest BCUT2D eigenvalue weighted by molar-refractivity contribution is 0.209. The molecule has 1 aliphatic carbocycles. The molecule has 1 fully saturated rings. The van der Waals surface area contributed by atoms with Crippen molar-refractivity contribution in [2.75, 3.05) is 5.75 Å². The van der Waals surface area contributed by atoms with E-state index in [2.05, 4.69) is 6.92 Å². The van der Waals surface area contributed by atoms with Gasteiger partial charge in [-0.05, 0) is 24.7 Å². The Morgan fingerprint density at radius 1 is 1.23 bits per heavy atom. The molecule has 4 heteroatoms. The second-order valence-electron chi connectivity index (χ2n) is 4.36. The minimum atomic E-state index is -3.29. The molecule has 0 atom stereocenters. The summed E-state index contributed by atoms with van der Waals surface area (Å²) in [6.45, 7) is 2.17. The summed E-state index contributed by atoms with van der Waals surface area (Å²) < 4.78 is 21.6. The normalized spacial score (nSPS) is 22.9. The van der Waals surface area contributed by atoms with Crippen LogP contribution in [0.25, 0.3) is 0 Å². The molecule has 0 aromatic carbocycles. The van der Waals surface area contributed by atoms with E-state index >= 15 is 0 Å². The maximum absolute atomic E-state index is 10.8. The Bertz CT molecular complexity index is 253. The fourth-order valence-electron chi connectivity index (χ4n) is 2.02. The lowest BCUT2D eigenvalue weighted by Gasteiger charge is -2.33. The van der Waals surface area contributed by atoms with Gasteiger partial charge >= 0.3 is 0 Å². The molecule has 1 rings (SSSR count). The maximum Gasteiger partial charge on any atom is 0.232 e. The van der Waals surface area contributed by atoms with Gasteiger partial charge in [-0.1, -0.05) is 26.2 Å². The lowest BCUT2D eigenvalue weighted by atomic mass is 9.74. The molecule has 0 bridgehead atoms. The topological polar surface area (TPSA) is 34.1 Å². The van der Waals surface area contributed by atoms with E-state index in [-0.39, 0.29) is 11.2 Å². The van der Waals surface area contributed by atoms with E-state index in [9.17, 15) is 8.42 Å². The van der Waals surface area contributed by atoms with Crippen LogP contribution in [-0.2, 0) is 9.05 Å². The molecule has 0 amide bonds. The van der Waals surface area contributed by atoms with Crippen molar-refractivity contribution in [2.45, 2.75) is 45.4 Å². The highest BCUT2D eigenvalue weighted by molar-refractivity contribution is 8.13. The molecule has 0 aromatic rings. The summed E-state index contributed by atoms with van der Waals surface area (Å²) in [5.74, 6) is 0.130. The quantitative estimate of drug-likeness (QED) is 0.691. The van der Waals surface area contributed by atoms with E-state index in [1.165, 1.54) is 19.3 Å². The zero-order valence-corrected chi connectivity index (χ0v) is 9.62. The number of rotatable bonds is 3. The molecule has 0 radical (unpaired) electrons. The van der Waals surface area contributed by atoms with Crippen LogP contribution in [0.5, 0.6) is 0 Å². The zero-order valence-electron chi connectivity index (χ0n) is 8.05. The van der Waals surface area contributed by atoms with Crippen molar-refractivity contribution < 1.29 is 8.42 Å². The lowest BCUT2D eigenvalue weighted by Crippen LogP contribution is -2.22. The van der Waals surface area contributed by atoms with E-state index in [0.717, 1.165) is 19.3 Å². The van der Waals surface area contributed by atoms with Gasteiger partial charge in [-0.2, -0.15) is 0 Å². The van der Waals surface area contributed by atoms with E-state index in [0.29, 0.717) is 0 Å². The van der Waals surface area contributed by atoms with Gasteiger partial charge < -0.3 is 0 Å². The molecule has 1 saturated carbocycles. The van der Waals surface area contributed by atoms with E-state index in [4.69, 9.17) is 10.7 Å². The van der Waals surface area contributed by atoms with Gasteiger partial charge in [-0.25, -0.2) is 8.42 Å². The van der Waals surface area contributed by atoms with Crippen LogP contribution in [0.4, 0.5) is 0 Å². The predicted molar refractivity (Wildman–Crippen MR) is 55.4 cm³/mol. The highest BCUT2D eigenvalue weighted by Crippen LogP contribution is 2.39. The van der Waals surface area contributed by atoms with Crippen LogP contribution in [0.2, 0.25) is 0 Å². The van der Waals surface area contributed by atoms with Gasteiger partial charge in [-0.15, -0.1) is 0 Å². The van der Waals surface area contributed by atoms with Crippen molar-refractivity contribution in [2.24, 2.45) is 5.41 Å². The smallest absolute Gasteiger partial charge is 0.212 e. The predicted octanol–water partition coefficient (Wildman–Crippen LogP) is 2.92. The van der Waals surface area contributed by atoms with Gasteiger partial charge in [0.05, 0.1) is 5.75 Å². The Morgan fingerprint density at radius 3 is 2.23 bits per heavy atom. The highest BCUT2D eigenvalue weighted by atomic mass is 35.7. The molecular formula is C9H17ClO2S. The average molecular weight is 225 g/mol. The van der Waals surface area contributed by atoms with Crippen molar-refractivity contribution in [3.8, 4) is 0 Å². The summed E-state index contributed by atoms with van der Waals surface area (Å²) in [4.78, 5) is 0. The fourth-order valence-corrected chi connectivity index (χ4v) is 2.99. The molecule has 0 unspecified atom stereocenters. The Kier molecular flexibility index (Phi) is 3.64. The summed E-state index contributed by atoms with van der Waals surface area (Å²) in [5.41, 5.74) is 0.222. The summed E-state index contributed by atoms with van der Waals surface area (Å²) in [5, 5.41) is 0. The second kappa shape index (κ2) is 4.18. The minimum absolute atomic E-state index is 0.130. The second-order valence-corrected chi connectivity index (χ2v) is 7.26. The molecule has 0 spiro atoms. The Balaban J connectivity index is 2.42. The molecule has 13 heavy (non-hydrogen) atoms. The molecule has 0 N–H and O–H groups in total. The van der Waals surface area contributed by atoms with Gasteiger partial charge in [0.25, 0.3) is 0 Å². The molecule has 0 aliphatic heterocycles. The monoisotopic (exact) mass is 224 g/mol. The summed E-state index contributed by atoms with van der Waals surface area (Å²) in [6.07, 6.45) is 6.79. The third kappa shape index (κ3) is 4.32. The summed E-state index contributed by atoms with van der Waals surface area (Å²) in [6, 6.07) is 0. The number of hydrogen-bond acceptors (Lipinski definition) is 2. The molecule has 1 aliphatic rings. The molecule has 0 heterocycles. The molecule has 0 saturated heterocycles. The zero-order chi connectivity index (χ0) is 9.95. The number of halogens is 1. The fraction of sp³-hybridized carbons (Fsp3) is 1.00. The maximum atomic E-state index is 10.8. The van der Waals surface area contributed by atoms with Crippen LogP contribution in [-0.4, -0.2) is 14.2 Å². The van der Waals surface area contributed by atoms with Crippen LogP contribution < -0.4 is 0 Å². The first-order chi connectivity index (χ1) is 5.91. The minimum Gasteiger partial charge on any atom is -0.212 e.